The normalized spacial score (nSPS) is 25.2. The highest BCUT2D eigenvalue weighted by molar-refractivity contribution is 5.94. The molecule has 1 unspecified atom stereocenters. The second-order valence-corrected chi connectivity index (χ2v) is 6.96. The molecule has 2 aliphatic heterocycles. The fraction of sp³-hybridized carbons (Fsp3) is 0.632. The Bertz CT molecular complexity index is 580. The molecule has 0 bridgehead atoms. The van der Waals surface area contributed by atoms with E-state index in [0.29, 0.717) is 5.56 Å². The van der Waals surface area contributed by atoms with Gasteiger partial charge in [0.25, 0.3) is 5.91 Å². The zero-order chi connectivity index (χ0) is 17.0. The van der Waals surface area contributed by atoms with Gasteiger partial charge in [-0.25, -0.2) is 4.39 Å². The lowest BCUT2D eigenvalue weighted by atomic mass is 9.88. The zero-order valence-corrected chi connectivity index (χ0v) is 14.5. The first-order valence-corrected chi connectivity index (χ1v) is 8.93. The van der Waals surface area contributed by atoms with Gasteiger partial charge in [0, 0.05) is 37.8 Å². The Hall–Kier alpha value is -1.46. The van der Waals surface area contributed by atoms with E-state index in [-0.39, 0.29) is 17.3 Å². The molecule has 4 nitrogen and oxygen atoms in total. The van der Waals surface area contributed by atoms with E-state index in [4.69, 9.17) is 4.74 Å². The van der Waals surface area contributed by atoms with Crippen LogP contribution in [-0.2, 0) is 4.74 Å². The van der Waals surface area contributed by atoms with Crippen LogP contribution in [0.4, 0.5) is 4.39 Å². The molecule has 1 amide bonds. The Morgan fingerprint density at radius 2 is 2.00 bits per heavy atom. The van der Waals surface area contributed by atoms with Crippen molar-refractivity contribution in [2.24, 2.45) is 0 Å². The van der Waals surface area contributed by atoms with Crippen LogP contribution in [0.15, 0.2) is 24.3 Å². The highest BCUT2D eigenvalue weighted by atomic mass is 19.1. The Balaban J connectivity index is 1.67. The van der Waals surface area contributed by atoms with Gasteiger partial charge in [-0.05, 0) is 56.8 Å². The van der Waals surface area contributed by atoms with E-state index in [9.17, 15) is 9.18 Å². The molecule has 1 aromatic rings. The smallest absolute Gasteiger partial charge is 0.253 e. The van der Waals surface area contributed by atoms with Crippen molar-refractivity contribution in [3.63, 3.8) is 0 Å². The van der Waals surface area contributed by atoms with Gasteiger partial charge in [0.05, 0.1) is 6.61 Å². The number of benzene rings is 1. The van der Waals surface area contributed by atoms with Gasteiger partial charge < -0.3 is 9.64 Å². The number of amides is 1. The first-order valence-electron chi connectivity index (χ1n) is 8.93. The standard InChI is InChI=1S/C19H27FN2O2/c1-24-14-13-22-11-4-8-19(22)7-3-10-21(12-9-19)18(23)16-5-2-6-17(20)15-16/h2,5-6,15H,3-4,7-14H2,1H3. The molecule has 2 saturated heterocycles. The van der Waals surface area contributed by atoms with Crippen molar-refractivity contribution in [1.82, 2.24) is 9.80 Å². The fourth-order valence-corrected chi connectivity index (χ4v) is 4.30. The van der Waals surface area contributed by atoms with Crippen molar-refractivity contribution in [2.45, 2.75) is 37.6 Å². The molecule has 24 heavy (non-hydrogen) atoms. The number of rotatable bonds is 4. The number of nitrogens with zero attached hydrogens (tertiary/aromatic N) is 2. The summed E-state index contributed by atoms with van der Waals surface area (Å²) in [5.74, 6) is -0.401. The number of carbonyl (C=O) groups is 1. The van der Waals surface area contributed by atoms with E-state index in [2.05, 4.69) is 4.90 Å². The van der Waals surface area contributed by atoms with Crippen LogP contribution in [0.3, 0.4) is 0 Å². The first kappa shape index (κ1) is 17.4. The lowest BCUT2D eigenvalue weighted by Gasteiger charge is -2.38. The predicted molar refractivity (Wildman–Crippen MR) is 91.6 cm³/mol. The van der Waals surface area contributed by atoms with Crippen LogP contribution >= 0.6 is 0 Å². The summed E-state index contributed by atoms with van der Waals surface area (Å²) in [5, 5.41) is 0. The van der Waals surface area contributed by atoms with Gasteiger partial charge in [0.2, 0.25) is 0 Å². The Morgan fingerprint density at radius 1 is 1.21 bits per heavy atom. The van der Waals surface area contributed by atoms with Crippen LogP contribution in [0.2, 0.25) is 0 Å². The van der Waals surface area contributed by atoms with Crippen molar-refractivity contribution < 1.29 is 13.9 Å². The summed E-state index contributed by atoms with van der Waals surface area (Å²) < 4.78 is 18.7. The molecule has 5 heteroatoms. The summed E-state index contributed by atoms with van der Waals surface area (Å²) in [6, 6.07) is 6.02. The molecule has 0 N–H and O–H groups in total. The molecule has 0 aromatic heterocycles. The van der Waals surface area contributed by atoms with Crippen LogP contribution < -0.4 is 0 Å². The van der Waals surface area contributed by atoms with E-state index in [1.807, 2.05) is 4.90 Å². The summed E-state index contributed by atoms with van der Waals surface area (Å²) in [5.41, 5.74) is 0.670. The summed E-state index contributed by atoms with van der Waals surface area (Å²) in [6.07, 6.45) is 5.56. The lowest BCUT2D eigenvalue weighted by molar-refractivity contribution is 0.0697. The number of hydrogen-bond donors (Lipinski definition) is 0. The van der Waals surface area contributed by atoms with Gasteiger partial charge in [-0.15, -0.1) is 0 Å². The summed E-state index contributed by atoms with van der Waals surface area (Å²) in [6.45, 7) is 4.36. The Kier molecular flexibility index (Phi) is 5.51. The molecule has 0 radical (unpaired) electrons. The van der Waals surface area contributed by atoms with Gasteiger partial charge in [-0.2, -0.15) is 0 Å². The summed E-state index contributed by atoms with van der Waals surface area (Å²) in [4.78, 5) is 17.1. The fourth-order valence-electron chi connectivity index (χ4n) is 4.30. The van der Waals surface area contributed by atoms with Gasteiger partial charge in [0.15, 0.2) is 0 Å². The van der Waals surface area contributed by atoms with E-state index in [1.165, 1.54) is 25.0 Å². The molecular weight excluding hydrogens is 307 g/mol. The third kappa shape index (κ3) is 3.62. The quantitative estimate of drug-likeness (QED) is 0.849. The number of hydrogen-bond acceptors (Lipinski definition) is 3. The van der Waals surface area contributed by atoms with Gasteiger partial charge >= 0.3 is 0 Å². The topological polar surface area (TPSA) is 32.8 Å². The molecule has 1 spiro atoms. The van der Waals surface area contributed by atoms with E-state index in [1.54, 1.807) is 19.2 Å². The second-order valence-electron chi connectivity index (χ2n) is 6.96. The predicted octanol–water partition coefficient (Wildman–Crippen LogP) is 2.93. The van der Waals surface area contributed by atoms with E-state index >= 15 is 0 Å². The maximum absolute atomic E-state index is 13.4. The SMILES string of the molecule is COCCN1CCCC12CCCN(C(=O)c1cccc(F)c1)CC2. The van der Waals surface area contributed by atoms with Crippen LogP contribution in [0.25, 0.3) is 0 Å². The molecule has 2 fully saturated rings. The van der Waals surface area contributed by atoms with Gasteiger partial charge in [0.1, 0.15) is 5.82 Å². The zero-order valence-electron chi connectivity index (χ0n) is 14.5. The van der Waals surface area contributed by atoms with Crippen molar-refractivity contribution in [1.29, 1.82) is 0 Å². The largest absolute Gasteiger partial charge is 0.383 e. The number of methoxy groups -OCH3 is 1. The molecular formula is C19H27FN2O2. The molecule has 1 atom stereocenters. The van der Waals surface area contributed by atoms with E-state index < -0.39 is 0 Å². The molecule has 0 saturated carbocycles. The number of ether oxygens (including phenoxy) is 1. The average Bonchev–Trinajstić information content (AvgIpc) is 2.84. The number of carbonyl (C=O) groups excluding carboxylic acids is 1. The second kappa shape index (κ2) is 7.62. The molecule has 3 rings (SSSR count). The Labute approximate surface area is 143 Å². The minimum absolute atomic E-state index is 0.0482. The van der Waals surface area contributed by atoms with E-state index in [0.717, 1.165) is 52.0 Å². The third-order valence-electron chi connectivity index (χ3n) is 5.58. The maximum atomic E-state index is 13.4. The summed E-state index contributed by atoms with van der Waals surface area (Å²) in [7, 11) is 1.75. The van der Waals surface area contributed by atoms with Crippen LogP contribution in [0.5, 0.6) is 0 Å². The Morgan fingerprint density at radius 3 is 2.75 bits per heavy atom. The minimum Gasteiger partial charge on any atom is -0.383 e. The van der Waals surface area contributed by atoms with Crippen LogP contribution in [-0.4, -0.2) is 61.1 Å². The maximum Gasteiger partial charge on any atom is 0.253 e. The van der Waals surface area contributed by atoms with Crippen molar-refractivity contribution >= 4 is 5.91 Å². The van der Waals surface area contributed by atoms with Gasteiger partial charge in [-0.1, -0.05) is 6.07 Å². The van der Waals surface area contributed by atoms with Crippen molar-refractivity contribution in [3.8, 4) is 0 Å². The van der Waals surface area contributed by atoms with Crippen LogP contribution in [0.1, 0.15) is 42.5 Å². The third-order valence-corrected chi connectivity index (χ3v) is 5.58. The molecule has 2 aliphatic rings. The molecule has 0 aliphatic carbocycles. The monoisotopic (exact) mass is 334 g/mol. The van der Waals surface area contributed by atoms with Crippen LogP contribution in [0, 0.1) is 5.82 Å². The molecule has 1 aromatic carbocycles. The first-order chi connectivity index (χ1) is 11.6. The van der Waals surface area contributed by atoms with Crippen molar-refractivity contribution in [2.75, 3.05) is 39.9 Å². The lowest BCUT2D eigenvalue weighted by Crippen LogP contribution is -2.46. The molecule has 2 heterocycles. The molecule has 132 valence electrons. The number of halogens is 1. The minimum atomic E-state index is -0.353. The average molecular weight is 334 g/mol. The highest BCUT2D eigenvalue weighted by Crippen LogP contribution is 2.38. The van der Waals surface area contributed by atoms with Gasteiger partial charge in [-0.3, -0.25) is 9.69 Å². The highest BCUT2D eigenvalue weighted by Gasteiger charge is 2.41. The summed E-state index contributed by atoms with van der Waals surface area (Å²) >= 11 is 0. The van der Waals surface area contributed by atoms with Crippen molar-refractivity contribution in [3.05, 3.63) is 35.6 Å². The number of likely N-dealkylation sites (tertiary alicyclic amines) is 2.